The van der Waals surface area contributed by atoms with E-state index in [-0.39, 0.29) is 12.4 Å². The van der Waals surface area contributed by atoms with Crippen LogP contribution in [0.1, 0.15) is 32.6 Å². The van der Waals surface area contributed by atoms with Crippen molar-refractivity contribution in [3.05, 3.63) is 0 Å². The van der Waals surface area contributed by atoms with E-state index in [2.05, 4.69) is 0 Å². The third-order valence-electron chi connectivity index (χ3n) is 2.36. The number of piperidine rings is 1. The topological polar surface area (TPSA) is 46.3 Å². The number of carbonyl (C=O) groups is 1. The van der Waals surface area contributed by atoms with E-state index < -0.39 is 0 Å². The first-order chi connectivity index (χ1) is 5.74. The minimum absolute atomic E-state index is 0. The van der Waals surface area contributed by atoms with Gasteiger partial charge in [0.2, 0.25) is 5.91 Å². The second-order valence-electron chi connectivity index (χ2n) is 3.47. The van der Waals surface area contributed by atoms with Crippen LogP contribution in [0.15, 0.2) is 0 Å². The highest BCUT2D eigenvalue weighted by atomic mass is 35.5. The highest BCUT2D eigenvalue weighted by Crippen LogP contribution is 2.09. The highest BCUT2D eigenvalue weighted by Gasteiger charge is 2.19. The molecule has 0 saturated carbocycles. The molecule has 4 heteroatoms. The van der Waals surface area contributed by atoms with Crippen molar-refractivity contribution in [1.29, 1.82) is 0 Å². The smallest absolute Gasteiger partial charge is 0.222 e. The predicted octanol–water partition coefficient (Wildman–Crippen LogP) is 1.16. The van der Waals surface area contributed by atoms with Crippen molar-refractivity contribution in [3.63, 3.8) is 0 Å². The van der Waals surface area contributed by atoms with E-state index in [1.165, 1.54) is 0 Å². The van der Waals surface area contributed by atoms with E-state index in [4.69, 9.17) is 5.73 Å². The van der Waals surface area contributed by atoms with Crippen molar-refractivity contribution in [3.8, 4) is 0 Å². The normalized spacial score (nSPS) is 18.2. The first-order valence-corrected chi connectivity index (χ1v) is 4.77. The fourth-order valence-corrected chi connectivity index (χ4v) is 1.52. The molecule has 78 valence electrons. The van der Waals surface area contributed by atoms with E-state index in [0.717, 1.165) is 32.4 Å². The van der Waals surface area contributed by atoms with Crippen molar-refractivity contribution in [1.82, 2.24) is 4.90 Å². The Morgan fingerprint density at radius 1 is 1.46 bits per heavy atom. The van der Waals surface area contributed by atoms with Gasteiger partial charge in [0.15, 0.2) is 0 Å². The quantitative estimate of drug-likeness (QED) is 0.737. The average Bonchev–Trinajstić information content (AvgIpc) is 2.06. The van der Waals surface area contributed by atoms with Crippen LogP contribution < -0.4 is 5.73 Å². The van der Waals surface area contributed by atoms with Crippen LogP contribution in [0.5, 0.6) is 0 Å². The van der Waals surface area contributed by atoms with Crippen molar-refractivity contribution in [2.45, 2.75) is 38.6 Å². The van der Waals surface area contributed by atoms with Crippen molar-refractivity contribution >= 4 is 18.3 Å². The zero-order chi connectivity index (χ0) is 8.97. The fraction of sp³-hybridized carbons (Fsp3) is 0.889. The lowest BCUT2D eigenvalue weighted by atomic mass is 10.1. The van der Waals surface area contributed by atoms with Crippen molar-refractivity contribution < 1.29 is 4.79 Å². The number of carbonyl (C=O) groups excluding carboxylic acids is 1. The molecule has 2 N–H and O–H groups in total. The number of hydrogen-bond acceptors (Lipinski definition) is 2. The number of nitrogens with zero attached hydrogens (tertiary/aromatic N) is 1. The maximum Gasteiger partial charge on any atom is 0.222 e. The van der Waals surface area contributed by atoms with Crippen LogP contribution in [-0.2, 0) is 4.79 Å². The largest absolute Gasteiger partial charge is 0.343 e. The maximum absolute atomic E-state index is 11.4. The standard InChI is InChI=1S/C9H18N2O.ClH/c1-2-3-9(12)11-6-4-8(10)5-7-11;/h8H,2-7,10H2,1H3;1H. The maximum atomic E-state index is 11.4. The molecule has 3 nitrogen and oxygen atoms in total. The van der Waals surface area contributed by atoms with E-state index in [9.17, 15) is 4.79 Å². The van der Waals surface area contributed by atoms with Crippen LogP contribution in [-0.4, -0.2) is 29.9 Å². The Bertz CT molecular complexity index is 156. The summed E-state index contributed by atoms with van der Waals surface area (Å²) in [7, 11) is 0. The zero-order valence-corrected chi connectivity index (χ0v) is 8.98. The van der Waals surface area contributed by atoms with Gasteiger partial charge in [0.05, 0.1) is 0 Å². The Morgan fingerprint density at radius 3 is 2.46 bits per heavy atom. The molecular formula is C9H19ClN2O. The number of nitrogens with two attached hydrogens (primary N) is 1. The number of rotatable bonds is 2. The van der Waals surface area contributed by atoms with Crippen LogP contribution in [0.2, 0.25) is 0 Å². The summed E-state index contributed by atoms with van der Waals surface area (Å²) in [5, 5.41) is 0. The minimum Gasteiger partial charge on any atom is -0.343 e. The van der Waals surface area contributed by atoms with Gasteiger partial charge < -0.3 is 10.6 Å². The second kappa shape index (κ2) is 6.22. The number of amides is 1. The SMILES string of the molecule is CCCC(=O)N1CCC(N)CC1.Cl. The van der Waals surface area contributed by atoms with Crippen LogP contribution in [0.25, 0.3) is 0 Å². The van der Waals surface area contributed by atoms with Crippen LogP contribution in [0.4, 0.5) is 0 Å². The van der Waals surface area contributed by atoms with E-state index >= 15 is 0 Å². The Hall–Kier alpha value is -0.280. The Morgan fingerprint density at radius 2 is 2.00 bits per heavy atom. The minimum atomic E-state index is 0. The fourth-order valence-electron chi connectivity index (χ4n) is 1.52. The van der Waals surface area contributed by atoms with Gasteiger partial charge in [-0.3, -0.25) is 4.79 Å². The third kappa shape index (κ3) is 3.96. The summed E-state index contributed by atoms with van der Waals surface area (Å²) in [4.78, 5) is 13.3. The van der Waals surface area contributed by atoms with Gasteiger partial charge in [-0.2, -0.15) is 0 Å². The summed E-state index contributed by atoms with van der Waals surface area (Å²) >= 11 is 0. The second-order valence-corrected chi connectivity index (χ2v) is 3.47. The summed E-state index contributed by atoms with van der Waals surface area (Å²) < 4.78 is 0. The lowest BCUT2D eigenvalue weighted by Crippen LogP contribution is -2.42. The first kappa shape index (κ1) is 12.7. The molecule has 13 heavy (non-hydrogen) atoms. The van der Waals surface area contributed by atoms with Crippen molar-refractivity contribution in [2.75, 3.05) is 13.1 Å². The Kier molecular flexibility index (Phi) is 6.08. The van der Waals surface area contributed by atoms with Gasteiger partial charge in [-0.1, -0.05) is 6.92 Å². The van der Waals surface area contributed by atoms with Crippen LogP contribution in [0, 0.1) is 0 Å². The van der Waals surface area contributed by atoms with Gasteiger partial charge in [-0.25, -0.2) is 0 Å². The molecule has 0 spiro atoms. The molecule has 0 unspecified atom stereocenters. The van der Waals surface area contributed by atoms with Gasteiger partial charge in [0.25, 0.3) is 0 Å². The first-order valence-electron chi connectivity index (χ1n) is 4.77. The molecule has 0 aromatic carbocycles. The molecule has 1 saturated heterocycles. The molecule has 1 heterocycles. The van der Waals surface area contributed by atoms with Gasteiger partial charge in [0, 0.05) is 25.6 Å². The number of hydrogen-bond donors (Lipinski definition) is 1. The van der Waals surface area contributed by atoms with E-state index in [1.807, 2.05) is 11.8 Å². The third-order valence-corrected chi connectivity index (χ3v) is 2.36. The van der Waals surface area contributed by atoms with Gasteiger partial charge in [-0.05, 0) is 19.3 Å². The Labute approximate surface area is 86.1 Å². The molecule has 0 aliphatic carbocycles. The van der Waals surface area contributed by atoms with Gasteiger partial charge in [-0.15, -0.1) is 12.4 Å². The van der Waals surface area contributed by atoms with Crippen LogP contribution >= 0.6 is 12.4 Å². The molecule has 1 fully saturated rings. The summed E-state index contributed by atoms with van der Waals surface area (Å²) in [6, 6.07) is 0.315. The molecular weight excluding hydrogens is 188 g/mol. The summed E-state index contributed by atoms with van der Waals surface area (Å²) in [6.45, 7) is 3.76. The van der Waals surface area contributed by atoms with E-state index in [0.29, 0.717) is 18.4 Å². The average molecular weight is 207 g/mol. The highest BCUT2D eigenvalue weighted by molar-refractivity contribution is 5.85. The zero-order valence-electron chi connectivity index (χ0n) is 8.16. The molecule has 0 bridgehead atoms. The molecule has 1 aliphatic heterocycles. The van der Waals surface area contributed by atoms with Crippen molar-refractivity contribution in [2.24, 2.45) is 5.73 Å². The summed E-state index contributed by atoms with van der Waals surface area (Å²) in [5.41, 5.74) is 5.73. The molecule has 0 aromatic heterocycles. The van der Waals surface area contributed by atoms with Gasteiger partial charge >= 0.3 is 0 Å². The summed E-state index contributed by atoms with van der Waals surface area (Å²) in [5.74, 6) is 0.296. The monoisotopic (exact) mass is 206 g/mol. The molecule has 1 amide bonds. The van der Waals surface area contributed by atoms with Crippen LogP contribution in [0.3, 0.4) is 0 Å². The molecule has 0 atom stereocenters. The molecule has 1 aliphatic rings. The molecule has 0 radical (unpaired) electrons. The lowest BCUT2D eigenvalue weighted by molar-refractivity contribution is -0.132. The number of likely N-dealkylation sites (tertiary alicyclic amines) is 1. The molecule has 0 aromatic rings. The number of halogens is 1. The lowest BCUT2D eigenvalue weighted by Gasteiger charge is -2.30. The Balaban J connectivity index is 0.00000144. The summed E-state index contributed by atoms with van der Waals surface area (Å²) in [6.07, 6.45) is 3.57. The van der Waals surface area contributed by atoms with E-state index in [1.54, 1.807) is 0 Å². The predicted molar refractivity (Wildman–Crippen MR) is 55.9 cm³/mol. The van der Waals surface area contributed by atoms with Gasteiger partial charge in [0.1, 0.15) is 0 Å². The molecule has 1 rings (SSSR count).